The Balaban J connectivity index is 3.92. The van der Waals surface area contributed by atoms with E-state index in [-0.39, 0.29) is 0 Å². The monoisotopic (exact) mass is 295 g/mol. The van der Waals surface area contributed by atoms with E-state index in [9.17, 15) is 20.4 Å². The van der Waals surface area contributed by atoms with Crippen LogP contribution in [0.5, 0.6) is 0 Å². The Morgan fingerprint density at radius 2 is 1.40 bits per heavy atom. The van der Waals surface area contributed by atoms with Gasteiger partial charge in [0.15, 0.2) is 0 Å². The molecule has 0 aromatic heterocycles. The van der Waals surface area contributed by atoms with Crippen LogP contribution < -0.4 is 5.32 Å². The maximum atomic E-state index is 9.63. The van der Waals surface area contributed by atoms with Crippen molar-refractivity contribution in [3.8, 4) is 0 Å². The Labute approximate surface area is 119 Å². The first-order valence-corrected chi connectivity index (χ1v) is 7.20. The standard InChI is InChI=1S/C13H29NO6/c1-2-3-4-5-6-7-14-13(20)12(19)11(18)10(17)9(16)8-15/h9-20H,2-8H2,1H3/t9-,10-,11+,12-,13?/m1/s1. The normalized spacial score (nSPS) is 19.4. The molecule has 0 aromatic rings. The van der Waals surface area contributed by atoms with E-state index in [0.717, 1.165) is 32.1 Å². The van der Waals surface area contributed by atoms with Gasteiger partial charge in [-0.2, -0.15) is 0 Å². The number of nitrogens with one attached hydrogen (secondary N) is 1. The molecule has 0 saturated heterocycles. The topological polar surface area (TPSA) is 133 Å². The first-order valence-electron chi connectivity index (χ1n) is 7.20. The summed E-state index contributed by atoms with van der Waals surface area (Å²) in [6, 6.07) is 0. The van der Waals surface area contributed by atoms with Gasteiger partial charge in [0.1, 0.15) is 30.6 Å². The number of unbranched alkanes of at least 4 members (excludes halogenated alkanes) is 4. The highest BCUT2D eigenvalue weighted by Gasteiger charge is 2.33. The Morgan fingerprint density at radius 3 is 1.95 bits per heavy atom. The molecule has 20 heavy (non-hydrogen) atoms. The van der Waals surface area contributed by atoms with E-state index in [1.54, 1.807) is 0 Å². The van der Waals surface area contributed by atoms with Gasteiger partial charge < -0.3 is 30.6 Å². The summed E-state index contributed by atoms with van der Waals surface area (Å²) in [5.74, 6) is 0. The lowest BCUT2D eigenvalue weighted by atomic mass is 10.0. The van der Waals surface area contributed by atoms with Crippen molar-refractivity contribution in [2.75, 3.05) is 13.2 Å². The highest BCUT2D eigenvalue weighted by molar-refractivity contribution is 4.83. The van der Waals surface area contributed by atoms with Crippen molar-refractivity contribution in [2.24, 2.45) is 0 Å². The van der Waals surface area contributed by atoms with Gasteiger partial charge in [-0.05, 0) is 13.0 Å². The number of hydrogen-bond donors (Lipinski definition) is 7. The molecule has 0 heterocycles. The van der Waals surface area contributed by atoms with Crippen LogP contribution >= 0.6 is 0 Å². The van der Waals surface area contributed by atoms with Crippen LogP contribution in [0, 0.1) is 0 Å². The summed E-state index contributed by atoms with van der Waals surface area (Å²) in [5, 5.41) is 58.7. The van der Waals surface area contributed by atoms with Gasteiger partial charge in [-0.15, -0.1) is 0 Å². The van der Waals surface area contributed by atoms with Crippen LogP contribution in [0.2, 0.25) is 0 Å². The summed E-state index contributed by atoms with van der Waals surface area (Å²) in [4.78, 5) is 0. The minimum Gasteiger partial charge on any atom is -0.394 e. The van der Waals surface area contributed by atoms with Gasteiger partial charge in [0.25, 0.3) is 0 Å². The third-order valence-electron chi connectivity index (χ3n) is 3.24. The fourth-order valence-corrected chi connectivity index (χ4v) is 1.82. The molecule has 0 rings (SSSR count). The van der Waals surface area contributed by atoms with Gasteiger partial charge in [-0.1, -0.05) is 32.6 Å². The molecule has 7 N–H and O–H groups in total. The third-order valence-corrected chi connectivity index (χ3v) is 3.24. The van der Waals surface area contributed by atoms with Crippen LogP contribution in [-0.2, 0) is 0 Å². The van der Waals surface area contributed by atoms with Gasteiger partial charge in [-0.3, -0.25) is 5.32 Å². The molecule has 122 valence electrons. The zero-order chi connectivity index (χ0) is 15.5. The zero-order valence-corrected chi connectivity index (χ0v) is 12.0. The Hall–Kier alpha value is -0.280. The summed E-state index contributed by atoms with van der Waals surface area (Å²) >= 11 is 0. The molecule has 7 heteroatoms. The average Bonchev–Trinajstić information content (AvgIpc) is 2.47. The summed E-state index contributed by atoms with van der Waals surface area (Å²) in [7, 11) is 0. The van der Waals surface area contributed by atoms with Crippen LogP contribution in [-0.4, -0.2) is 74.4 Å². The second-order valence-electron chi connectivity index (χ2n) is 5.03. The predicted octanol–water partition coefficient (Wildman–Crippen LogP) is -1.70. The number of aliphatic hydroxyl groups is 6. The molecule has 0 aliphatic rings. The molecule has 0 radical (unpaired) electrons. The van der Waals surface area contributed by atoms with E-state index in [2.05, 4.69) is 12.2 Å². The van der Waals surface area contributed by atoms with Crippen molar-refractivity contribution < 1.29 is 30.6 Å². The van der Waals surface area contributed by atoms with Crippen LogP contribution in [0.25, 0.3) is 0 Å². The fraction of sp³-hybridized carbons (Fsp3) is 1.00. The molecule has 7 nitrogen and oxygen atoms in total. The van der Waals surface area contributed by atoms with Gasteiger partial charge in [-0.25, -0.2) is 0 Å². The van der Waals surface area contributed by atoms with E-state index in [4.69, 9.17) is 10.2 Å². The fourth-order valence-electron chi connectivity index (χ4n) is 1.82. The molecule has 0 fully saturated rings. The zero-order valence-electron chi connectivity index (χ0n) is 12.0. The second kappa shape index (κ2) is 11.4. The second-order valence-corrected chi connectivity index (χ2v) is 5.03. The molecule has 1 unspecified atom stereocenters. The average molecular weight is 295 g/mol. The first kappa shape index (κ1) is 19.7. The van der Waals surface area contributed by atoms with Crippen molar-refractivity contribution in [1.29, 1.82) is 0 Å². The van der Waals surface area contributed by atoms with E-state index < -0.39 is 37.3 Å². The molecule has 0 aliphatic carbocycles. The van der Waals surface area contributed by atoms with Crippen LogP contribution in [0.4, 0.5) is 0 Å². The van der Waals surface area contributed by atoms with Gasteiger partial charge in [0.05, 0.1) is 6.61 Å². The Morgan fingerprint density at radius 1 is 0.800 bits per heavy atom. The molecular weight excluding hydrogens is 266 g/mol. The summed E-state index contributed by atoms with van der Waals surface area (Å²) in [6.07, 6.45) is -2.84. The quantitative estimate of drug-likeness (QED) is 0.169. The molecule has 0 aromatic carbocycles. The van der Waals surface area contributed by atoms with E-state index >= 15 is 0 Å². The number of rotatable bonds is 12. The summed E-state index contributed by atoms with van der Waals surface area (Å²) in [5.41, 5.74) is 0. The molecule has 0 saturated carbocycles. The molecule has 0 spiro atoms. The molecule has 0 amide bonds. The van der Waals surface area contributed by atoms with Crippen LogP contribution in [0.15, 0.2) is 0 Å². The Bertz CT molecular complexity index is 231. The van der Waals surface area contributed by atoms with Crippen molar-refractivity contribution in [2.45, 2.75) is 69.7 Å². The minimum atomic E-state index is -1.75. The summed E-state index contributed by atoms with van der Waals surface area (Å²) in [6.45, 7) is 1.85. The SMILES string of the molecule is CCCCCCCNC(O)[C@H](O)[C@@H](O)[C@H](O)[C@H](O)CO. The molecule has 5 atom stereocenters. The predicted molar refractivity (Wildman–Crippen MR) is 73.9 cm³/mol. The van der Waals surface area contributed by atoms with Gasteiger partial charge >= 0.3 is 0 Å². The number of hydrogen-bond acceptors (Lipinski definition) is 7. The largest absolute Gasteiger partial charge is 0.394 e. The smallest absolute Gasteiger partial charge is 0.133 e. The first-order chi connectivity index (χ1) is 9.45. The minimum absolute atomic E-state index is 0.479. The highest BCUT2D eigenvalue weighted by atomic mass is 16.4. The van der Waals surface area contributed by atoms with Crippen molar-refractivity contribution in [1.82, 2.24) is 5.32 Å². The lowest BCUT2D eigenvalue weighted by Crippen LogP contribution is -2.53. The van der Waals surface area contributed by atoms with Crippen molar-refractivity contribution in [3.63, 3.8) is 0 Å². The van der Waals surface area contributed by atoms with Crippen molar-refractivity contribution in [3.05, 3.63) is 0 Å². The maximum absolute atomic E-state index is 9.63. The van der Waals surface area contributed by atoms with Crippen LogP contribution in [0.1, 0.15) is 39.0 Å². The maximum Gasteiger partial charge on any atom is 0.133 e. The number of aliphatic hydroxyl groups excluding tert-OH is 6. The molecular formula is C13H29NO6. The lowest BCUT2D eigenvalue weighted by Gasteiger charge is -2.28. The van der Waals surface area contributed by atoms with Crippen LogP contribution in [0.3, 0.4) is 0 Å². The van der Waals surface area contributed by atoms with E-state index in [1.165, 1.54) is 0 Å². The van der Waals surface area contributed by atoms with E-state index in [0.29, 0.717) is 6.54 Å². The van der Waals surface area contributed by atoms with Crippen molar-refractivity contribution >= 4 is 0 Å². The molecule has 0 aliphatic heterocycles. The molecule has 0 bridgehead atoms. The summed E-state index contributed by atoms with van der Waals surface area (Å²) < 4.78 is 0. The van der Waals surface area contributed by atoms with E-state index in [1.807, 2.05) is 0 Å². The third kappa shape index (κ3) is 7.49. The lowest BCUT2D eigenvalue weighted by molar-refractivity contribution is -0.145. The Kier molecular flexibility index (Phi) is 11.2. The highest BCUT2D eigenvalue weighted by Crippen LogP contribution is 2.08. The van der Waals surface area contributed by atoms with Gasteiger partial charge in [0.2, 0.25) is 0 Å². The van der Waals surface area contributed by atoms with Gasteiger partial charge in [0, 0.05) is 0 Å².